The zero-order chi connectivity index (χ0) is 9.46. The predicted molar refractivity (Wildman–Crippen MR) is 52.4 cm³/mol. The molecule has 1 saturated carbocycles. The molecule has 3 nitrogen and oxygen atoms in total. The second-order valence-corrected chi connectivity index (χ2v) is 4.36. The molecule has 12 heavy (non-hydrogen) atoms. The van der Waals surface area contributed by atoms with Gasteiger partial charge in [-0.2, -0.15) is 0 Å². The Labute approximate surface area is 75.9 Å². The molecular weight excluding hydrogens is 150 g/mol. The van der Waals surface area contributed by atoms with Gasteiger partial charge in [0.15, 0.2) is 0 Å². The van der Waals surface area contributed by atoms with Crippen molar-refractivity contribution in [1.82, 2.24) is 14.7 Å². The molecule has 3 heteroatoms. The van der Waals surface area contributed by atoms with E-state index in [1.165, 1.54) is 0 Å². The fourth-order valence-corrected chi connectivity index (χ4v) is 2.10. The van der Waals surface area contributed by atoms with Gasteiger partial charge in [-0.3, -0.25) is 0 Å². The summed E-state index contributed by atoms with van der Waals surface area (Å²) in [5.41, 5.74) is 0. The molecule has 0 aromatic rings. The summed E-state index contributed by atoms with van der Waals surface area (Å²) in [4.78, 5) is 6.94. The molecule has 0 aromatic carbocycles. The summed E-state index contributed by atoms with van der Waals surface area (Å²) < 4.78 is 0. The highest BCUT2D eigenvalue weighted by Crippen LogP contribution is 2.34. The Bertz CT molecular complexity index is 119. The minimum Gasteiger partial charge on any atom is -0.303 e. The Hall–Kier alpha value is -0.120. The van der Waals surface area contributed by atoms with Gasteiger partial charge in [-0.25, -0.2) is 0 Å². The topological polar surface area (TPSA) is 9.72 Å². The molecule has 1 aliphatic carbocycles. The van der Waals surface area contributed by atoms with Crippen molar-refractivity contribution in [1.29, 1.82) is 0 Å². The lowest BCUT2D eigenvalue weighted by atomic mass is 10.5. The van der Waals surface area contributed by atoms with Crippen molar-refractivity contribution in [3.8, 4) is 0 Å². The lowest BCUT2D eigenvalue weighted by Crippen LogP contribution is -2.25. The van der Waals surface area contributed by atoms with Gasteiger partial charge in [0.2, 0.25) is 0 Å². The van der Waals surface area contributed by atoms with E-state index in [9.17, 15) is 0 Å². The van der Waals surface area contributed by atoms with E-state index in [1.54, 1.807) is 0 Å². The maximum absolute atomic E-state index is 2.31. The number of nitrogens with zero attached hydrogens (tertiary/aromatic N) is 3. The minimum absolute atomic E-state index is 0.704. The largest absolute Gasteiger partial charge is 0.303 e. The fourth-order valence-electron chi connectivity index (χ4n) is 2.10. The maximum atomic E-state index is 2.31. The van der Waals surface area contributed by atoms with E-state index in [2.05, 4.69) is 57.0 Å². The highest BCUT2D eigenvalue weighted by molar-refractivity contribution is 5.14. The number of hydrogen-bond donors (Lipinski definition) is 0. The first-order valence-corrected chi connectivity index (χ1v) is 4.46. The molecule has 0 aliphatic heterocycles. The van der Waals surface area contributed by atoms with Gasteiger partial charge in [0, 0.05) is 18.1 Å². The first kappa shape index (κ1) is 9.96. The molecule has 0 amide bonds. The SMILES string of the molecule is CN(C)C1C(N(C)C)C1N(C)C. The van der Waals surface area contributed by atoms with Crippen LogP contribution in [-0.4, -0.2) is 75.1 Å². The van der Waals surface area contributed by atoms with Crippen molar-refractivity contribution in [2.24, 2.45) is 0 Å². The summed E-state index contributed by atoms with van der Waals surface area (Å²) >= 11 is 0. The highest BCUT2D eigenvalue weighted by Gasteiger charge is 2.54. The Morgan fingerprint density at radius 1 is 0.500 bits per heavy atom. The van der Waals surface area contributed by atoms with Crippen LogP contribution >= 0.6 is 0 Å². The Morgan fingerprint density at radius 2 is 0.667 bits per heavy atom. The van der Waals surface area contributed by atoms with E-state index in [0.29, 0.717) is 18.1 Å². The maximum Gasteiger partial charge on any atom is 0.0432 e. The van der Waals surface area contributed by atoms with Crippen LogP contribution < -0.4 is 0 Å². The summed E-state index contributed by atoms with van der Waals surface area (Å²) in [6, 6.07) is 2.11. The number of likely N-dealkylation sites (N-methyl/N-ethyl adjacent to an activating group) is 3. The predicted octanol–water partition coefficient (Wildman–Crippen LogP) is -0.209. The van der Waals surface area contributed by atoms with Gasteiger partial charge in [0.25, 0.3) is 0 Å². The van der Waals surface area contributed by atoms with Gasteiger partial charge >= 0.3 is 0 Å². The molecular formula is C9H21N3. The van der Waals surface area contributed by atoms with E-state index in [1.807, 2.05) is 0 Å². The molecule has 0 spiro atoms. The molecule has 0 radical (unpaired) electrons. The van der Waals surface area contributed by atoms with Crippen LogP contribution in [0.25, 0.3) is 0 Å². The molecule has 1 aliphatic rings. The van der Waals surface area contributed by atoms with E-state index in [0.717, 1.165) is 0 Å². The van der Waals surface area contributed by atoms with E-state index < -0.39 is 0 Å². The molecule has 1 fully saturated rings. The lowest BCUT2D eigenvalue weighted by molar-refractivity contribution is 0.315. The summed E-state index contributed by atoms with van der Waals surface area (Å²) in [6.07, 6.45) is 0. The molecule has 72 valence electrons. The van der Waals surface area contributed by atoms with Crippen LogP contribution in [0.2, 0.25) is 0 Å². The smallest absolute Gasteiger partial charge is 0.0432 e. The summed E-state index contributed by atoms with van der Waals surface area (Å²) in [5.74, 6) is 0. The quantitative estimate of drug-likeness (QED) is 0.582. The van der Waals surface area contributed by atoms with E-state index >= 15 is 0 Å². The average molecular weight is 171 g/mol. The summed E-state index contributed by atoms with van der Waals surface area (Å²) in [6.45, 7) is 0. The summed E-state index contributed by atoms with van der Waals surface area (Å²) in [7, 11) is 12.9. The first-order valence-electron chi connectivity index (χ1n) is 4.46. The second-order valence-electron chi connectivity index (χ2n) is 4.36. The van der Waals surface area contributed by atoms with Gasteiger partial charge in [-0.15, -0.1) is 0 Å². The van der Waals surface area contributed by atoms with Gasteiger partial charge in [-0.05, 0) is 42.3 Å². The van der Waals surface area contributed by atoms with Crippen molar-refractivity contribution < 1.29 is 0 Å². The van der Waals surface area contributed by atoms with Crippen LogP contribution in [0.1, 0.15) is 0 Å². The van der Waals surface area contributed by atoms with Crippen LogP contribution in [0, 0.1) is 0 Å². The molecule has 0 saturated heterocycles. The van der Waals surface area contributed by atoms with Gasteiger partial charge < -0.3 is 14.7 Å². The van der Waals surface area contributed by atoms with Crippen LogP contribution in [0.4, 0.5) is 0 Å². The van der Waals surface area contributed by atoms with E-state index in [-0.39, 0.29) is 0 Å². The Morgan fingerprint density at radius 3 is 0.750 bits per heavy atom. The van der Waals surface area contributed by atoms with Crippen LogP contribution in [0.15, 0.2) is 0 Å². The average Bonchev–Trinajstić information content (AvgIpc) is 2.58. The molecule has 0 heterocycles. The van der Waals surface area contributed by atoms with Crippen LogP contribution in [0.5, 0.6) is 0 Å². The summed E-state index contributed by atoms with van der Waals surface area (Å²) in [5, 5.41) is 0. The zero-order valence-corrected chi connectivity index (χ0v) is 9.07. The number of rotatable bonds is 3. The van der Waals surface area contributed by atoms with Crippen LogP contribution in [0.3, 0.4) is 0 Å². The highest BCUT2D eigenvalue weighted by atomic mass is 15.4. The Kier molecular flexibility index (Phi) is 2.76. The van der Waals surface area contributed by atoms with Crippen molar-refractivity contribution in [2.45, 2.75) is 18.1 Å². The second kappa shape index (κ2) is 3.32. The molecule has 0 atom stereocenters. The number of hydrogen-bond acceptors (Lipinski definition) is 3. The fraction of sp³-hybridized carbons (Fsp3) is 1.00. The molecule has 0 N–H and O–H groups in total. The molecule has 0 unspecified atom stereocenters. The van der Waals surface area contributed by atoms with Crippen molar-refractivity contribution in [3.63, 3.8) is 0 Å². The van der Waals surface area contributed by atoms with Crippen molar-refractivity contribution >= 4 is 0 Å². The normalized spacial score (nSPS) is 35.2. The monoisotopic (exact) mass is 171 g/mol. The van der Waals surface area contributed by atoms with Gasteiger partial charge in [-0.1, -0.05) is 0 Å². The third-order valence-electron chi connectivity index (χ3n) is 2.70. The molecule has 0 bridgehead atoms. The van der Waals surface area contributed by atoms with Gasteiger partial charge in [0.1, 0.15) is 0 Å². The van der Waals surface area contributed by atoms with Crippen LogP contribution in [-0.2, 0) is 0 Å². The Balaban J connectivity index is 2.55. The first-order chi connectivity index (χ1) is 5.46. The lowest BCUT2D eigenvalue weighted by Gasteiger charge is -2.12. The molecule has 1 rings (SSSR count). The third-order valence-corrected chi connectivity index (χ3v) is 2.70. The van der Waals surface area contributed by atoms with Crippen molar-refractivity contribution in [3.05, 3.63) is 0 Å². The third kappa shape index (κ3) is 1.63. The molecule has 0 aromatic heterocycles. The van der Waals surface area contributed by atoms with E-state index in [4.69, 9.17) is 0 Å². The standard InChI is InChI=1S/C9H21N3/c1-10(2)7-8(11(3)4)9(7)12(5)6/h7-9H,1-6H3. The minimum atomic E-state index is 0.704. The van der Waals surface area contributed by atoms with Crippen molar-refractivity contribution in [2.75, 3.05) is 42.3 Å². The van der Waals surface area contributed by atoms with Gasteiger partial charge in [0.05, 0.1) is 0 Å². The zero-order valence-electron chi connectivity index (χ0n) is 9.07.